The van der Waals surface area contributed by atoms with E-state index in [-0.39, 0.29) is 25.0 Å². The van der Waals surface area contributed by atoms with Gasteiger partial charge in [0.05, 0.1) is 19.1 Å². The molecule has 1 unspecified atom stereocenters. The van der Waals surface area contributed by atoms with Crippen molar-refractivity contribution in [3.8, 4) is 0 Å². The van der Waals surface area contributed by atoms with E-state index >= 15 is 0 Å². The summed E-state index contributed by atoms with van der Waals surface area (Å²) in [5.74, 6) is -0.354. The highest BCUT2D eigenvalue weighted by Gasteiger charge is 2.28. The van der Waals surface area contributed by atoms with E-state index in [2.05, 4.69) is 5.32 Å². The number of rotatable bonds is 5. The van der Waals surface area contributed by atoms with E-state index in [4.69, 9.17) is 11.5 Å². The molecule has 0 aromatic heterocycles. The predicted molar refractivity (Wildman–Crippen MR) is 59.2 cm³/mol. The Hall–Kier alpha value is -1.28. The lowest BCUT2D eigenvalue weighted by atomic mass is 10.2. The Morgan fingerprint density at radius 1 is 1.25 bits per heavy atom. The Kier molecular flexibility index (Phi) is 4.56. The van der Waals surface area contributed by atoms with Crippen molar-refractivity contribution in [3.05, 3.63) is 0 Å². The minimum Gasteiger partial charge on any atom is -0.368 e. The van der Waals surface area contributed by atoms with Crippen LogP contribution in [0.5, 0.6) is 0 Å². The number of amides is 3. The third kappa shape index (κ3) is 3.70. The molecule has 3 amide bonds. The van der Waals surface area contributed by atoms with Crippen LogP contribution in [0, 0.1) is 0 Å². The van der Waals surface area contributed by atoms with Gasteiger partial charge in [-0.05, 0) is 0 Å². The number of hydrogen-bond donors (Lipinski definition) is 3. The second kappa shape index (κ2) is 5.71. The third-order valence-corrected chi connectivity index (χ3v) is 2.96. The van der Waals surface area contributed by atoms with Crippen molar-refractivity contribution in [2.75, 3.05) is 24.7 Å². The van der Waals surface area contributed by atoms with Gasteiger partial charge in [-0.25, -0.2) is 0 Å². The van der Waals surface area contributed by atoms with Crippen LogP contribution in [-0.4, -0.2) is 53.4 Å². The lowest BCUT2D eigenvalue weighted by molar-refractivity contribution is -0.139. The van der Waals surface area contributed by atoms with Crippen LogP contribution < -0.4 is 16.8 Å². The first-order valence-electron chi connectivity index (χ1n) is 4.67. The molecule has 8 heteroatoms. The van der Waals surface area contributed by atoms with Crippen molar-refractivity contribution >= 4 is 29.5 Å². The van der Waals surface area contributed by atoms with Crippen molar-refractivity contribution in [3.63, 3.8) is 0 Å². The molecule has 0 spiro atoms. The topological polar surface area (TPSA) is 119 Å². The number of hydrogen-bond acceptors (Lipinski definition) is 5. The zero-order chi connectivity index (χ0) is 12.1. The van der Waals surface area contributed by atoms with Gasteiger partial charge in [-0.2, -0.15) is 0 Å². The van der Waals surface area contributed by atoms with Gasteiger partial charge in [0.15, 0.2) is 0 Å². The molecule has 1 aliphatic heterocycles. The summed E-state index contributed by atoms with van der Waals surface area (Å²) in [6.07, 6.45) is 0. The Morgan fingerprint density at radius 2 is 1.81 bits per heavy atom. The summed E-state index contributed by atoms with van der Waals surface area (Å²) in [4.78, 5) is 34.5. The molecule has 1 aliphatic rings. The second-order valence-electron chi connectivity index (χ2n) is 3.40. The van der Waals surface area contributed by atoms with E-state index < -0.39 is 11.8 Å². The number of carbonyl (C=O) groups excluding carboxylic acids is 3. The third-order valence-electron chi connectivity index (χ3n) is 2.02. The van der Waals surface area contributed by atoms with Gasteiger partial charge in [0.2, 0.25) is 17.7 Å². The fourth-order valence-electron chi connectivity index (χ4n) is 1.36. The highest BCUT2D eigenvalue weighted by Crippen LogP contribution is 2.11. The molecule has 5 N–H and O–H groups in total. The van der Waals surface area contributed by atoms with Gasteiger partial charge < -0.3 is 16.4 Å². The Bertz CT molecular complexity index is 288. The zero-order valence-corrected chi connectivity index (χ0v) is 9.46. The van der Waals surface area contributed by atoms with Gasteiger partial charge in [0, 0.05) is 11.6 Å². The average molecular weight is 246 g/mol. The zero-order valence-electron chi connectivity index (χ0n) is 8.64. The molecule has 1 saturated heterocycles. The van der Waals surface area contributed by atoms with Crippen LogP contribution in [-0.2, 0) is 14.4 Å². The van der Waals surface area contributed by atoms with Gasteiger partial charge in [-0.1, -0.05) is 0 Å². The smallest absolute Gasteiger partial charge is 0.241 e. The normalized spacial score (nSPS) is 19.4. The first kappa shape index (κ1) is 12.8. The van der Waals surface area contributed by atoms with Crippen LogP contribution in [0.15, 0.2) is 0 Å². The maximum atomic E-state index is 11.9. The lowest BCUT2D eigenvalue weighted by Gasteiger charge is -2.22. The van der Waals surface area contributed by atoms with Gasteiger partial charge in [-0.15, -0.1) is 11.8 Å². The molecule has 0 saturated carbocycles. The highest BCUT2D eigenvalue weighted by molar-refractivity contribution is 7.99. The van der Waals surface area contributed by atoms with Crippen LogP contribution in [0.1, 0.15) is 0 Å². The van der Waals surface area contributed by atoms with Crippen LogP contribution in [0.25, 0.3) is 0 Å². The average Bonchev–Trinajstić information content (AvgIpc) is 2.66. The van der Waals surface area contributed by atoms with Gasteiger partial charge in [0.25, 0.3) is 0 Å². The van der Waals surface area contributed by atoms with Crippen molar-refractivity contribution < 1.29 is 14.4 Å². The predicted octanol–water partition coefficient (Wildman–Crippen LogP) is -2.55. The molecule has 0 bridgehead atoms. The fourth-order valence-corrected chi connectivity index (χ4v) is 2.30. The van der Waals surface area contributed by atoms with E-state index in [0.717, 1.165) is 4.90 Å². The SMILES string of the molecule is NC(=O)CN(CC(N)=O)C(=O)C1CSCN1. The molecule has 7 nitrogen and oxygen atoms in total. The quantitative estimate of drug-likeness (QED) is 0.493. The van der Waals surface area contributed by atoms with Crippen LogP contribution >= 0.6 is 11.8 Å². The number of carbonyl (C=O) groups is 3. The summed E-state index contributed by atoms with van der Waals surface area (Å²) in [5.41, 5.74) is 9.99. The first-order valence-corrected chi connectivity index (χ1v) is 5.82. The van der Waals surface area contributed by atoms with E-state index in [1.54, 1.807) is 11.8 Å². The van der Waals surface area contributed by atoms with Crippen molar-refractivity contribution in [1.82, 2.24) is 10.2 Å². The molecule has 16 heavy (non-hydrogen) atoms. The minimum atomic E-state index is -0.666. The summed E-state index contributed by atoms with van der Waals surface area (Å²) >= 11 is 1.57. The fraction of sp³-hybridized carbons (Fsp3) is 0.625. The molecule has 90 valence electrons. The monoisotopic (exact) mass is 246 g/mol. The largest absolute Gasteiger partial charge is 0.368 e. The molecule has 0 aromatic rings. The maximum Gasteiger partial charge on any atom is 0.241 e. The van der Waals surface area contributed by atoms with E-state index in [9.17, 15) is 14.4 Å². The van der Waals surface area contributed by atoms with Crippen LogP contribution in [0.3, 0.4) is 0 Å². The standard InChI is InChI=1S/C8H14N4O3S/c9-6(13)1-12(2-7(10)14)8(15)5-3-16-4-11-5/h5,11H,1-4H2,(H2,9,13)(H2,10,14). The van der Waals surface area contributed by atoms with E-state index in [1.165, 1.54) is 0 Å². The second-order valence-corrected chi connectivity index (χ2v) is 4.43. The van der Waals surface area contributed by atoms with E-state index in [0.29, 0.717) is 11.6 Å². The Balaban J connectivity index is 2.62. The van der Waals surface area contributed by atoms with Gasteiger partial charge in [-0.3, -0.25) is 19.7 Å². The number of thioether (sulfide) groups is 1. The molecular weight excluding hydrogens is 232 g/mol. The Labute approximate surface area is 96.9 Å². The molecular formula is C8H14N4O3S. The van der Waals surface area contributed by atoms with Crippen LogP contribution in [0.4, 0.5) is 0 Å². The first-order chi connectivity index (χ1) is 7.50. The molecule has 0 aliphatic carbocycles. The number of primary amides is 2. The number of nitrogens with one attached hydrogen (secondary N) is 1. The highest BCUT2D eigenvalue weighted by atomic mass is 32.2. The minimum absolute atomic E-state index is 0.287. The summed E-state index contributed by atoms with van der Waals surface area (Å²) in [6, 6.07) is -0.372. The molecule has 1 atom stereocenters. The molecule has 1 fully saturated rings. The Morgan fingerprint density at radius 3 is 2.19 bits per heavy atom. The lowest BCUT2D eigenvalue weighted by Crippen LogP contribution is -2.50. The van der Waals surface area contributed by atoms with Gasteiger partial charge in [0.1, 0.15) is 0 Å². The van der Waals surface area contributed by atoms with Crippen LogP contribution in [0.2, 0.25) is 0 Å². The summed E-state index contributed by atoms with van der Waals surface area (Å²) in [7, 11) is 0. The molecule has 1 heterocycles. The summed E-state index contributed by atoms with van der Waals surface area (Å²) in [5, 5.41) is 2.95. The number of nitrogens with two attached hydrogens (primary N) is 2. The summed E-state index contributed by atoms with van der Waals surface area (Å²) in [6.45, 7) is -0.574. The van der Waals surface area contributed by atoms with Crippen molar-refractivity contribution in [2.45, 2.75) is 6.04 Å². The van der Waals surface area contributed by atoms with Crippen molar-refractivity contribution in [1.29, 1.82) is 0 Å². The van der Waals surface area contributed by atoms with E-state index in [1.807, 2.05) is 0 Å². The molecule has 0 radical (unpaired) electrons. The number of nitrogens with zero attached hydrogens (tertiary/aromatic N) is 1. The van der Waals surface area contributed by atoms with Crippen molar-refractivity contribution in [2.24, 2.45) is 11.5 Å². The van der Waals surface area contributed by atoms with Gasteiger partial charge >= 0.3 is 0 Å². The maximum absolute atomic E-state index is 11.9. The molecule has 1 rings (SSSR count). The summed E-state index contributed by atoms with van der Waals surface area (Å²) < 4.78 is 0. The molecule has 0 aromatic carbocycles.